The number of rotatable bonds is 17. The zero-order chi connectivity index (χ0) is 18.9. The molecular weight excluding hydrogens is 345 g/mol. The Morgan fingerprint density at radius 3 is 1.69 bits per heavy atom. The molecule has 0 bridgehead atoms. The Kier molecular flexibility index (Phi) is 20.4. The SMILES string of the molecule is CCCCCCCCCCCCCC(=O)N[C@@H](CCC(=O)O)C(=O)O.[H-].[Na+]. The maximum absolute atomic E-state index is 11.7. The van der Waals surface area contributed by atoms with Gasteiger partial charge in [0.25, 0.3) is 0 Å². The van der Waals surface area contributed by atoms with Gasteiger partial charge in [0, 0.05) is 12.8 Å². The van der Waals surface area contributed by atoms with E-state index < -0.39 is 18.0 Å². The molecule has 1 amide bonds. The molecule has 0 heterocycles. The van der Waals surface area contributed by atoms with E-state index in [-0.39, 0.29) is 49.7 Å². The summed E-state index contributed by atoms with van der Waals surface area (Å²) in [5.41, 5.74) is 0. The first-order valence-electron chi connectivity index (χ1n) is 9.71. The molecule has 0 radical (unpaired) electrons. The van der Waals surface area contributed by atoms with Crippen LogP contribution in [0.2, 0.25) is 0 Å². The summed E-state index contributed by atoms with van der Waals surface area (Å²) in [5, 5.41) is 20.0. The molecule has 0 saturated carbocycles. The fourth-order valence-electron chi connectivity index (χ4n) is 2.74. The molecule has 0 aliphatic heterocycles. The molecule has 0 saturated heterocycles. The normalized spacial score (nSPS) is 11.4. The van der Waals surface area contributed by atoms with E-state index in [0.717, 1.165) is 19.3 Å². The Hall–Kier alpha value is -0.590. The first-order valence-corrected chi connectivity index (χ1v) is 9.71. The van der Waals surface area contributed by atoms with E-state index in [4.69, 9.17) is 10.2 Å². The van der Waals surface area contributed by atoms with Gasteiger partial charge >= 0.3 is 41.5 Å². The molecule has 7 heteroatoms. The van der Waals surface area contributed by atoms with E-state index in [1.54, 1.807) is 0 Å². The van der Waals surface area contributed by atoms with Gasteiger partial charge in [-0.05, 0) is 12.8 Å². The van der Waals surface area contributed by atoms with Crippen LogP contribution < -0.4 is 34.9 Å². The van der Waals surface area contributed by atoms with Crippen LogP contribution in [-0.2, 0) is 14.4 Å². The number of aliphatic carboxylic acids is 2. The Morgan fingerprint density at radius 1 is 0.808 bits per heavy atom. The first-order chi connectivity index (χ1) is 12.0. The van der Waals surface area contributed by atoms with Gasteiger partial charge in [0.2, 0.25) is 5.91 Å². The van der Waals surface area contributed by atoms with Crippen molar-refractivity contribution in [2.24, 2.45) is 0 Å². The smallest absolute Gasteiger partial charge is 1.00 e. The van der Waals surface area contributed by atoms with Crippen molar-refractivity contribution in [3.63, 3.8) is 0 Å². The summed E-state index contributed by atoms with van der Waals surface area (Å²) < 4.78 is 0. The molecule has 0 spiro atoms. The minimum atomic E-state index is -1.19. The third kappa shape index (κ3) is 18.2. The van der Waals surface area contributed by atoms with Gasteiger partial charge in [-0.3, -0.25) is 9.59 Å². The monoisotopic (exact) mass is 381 g/mol. The zero-order valence-corrected chi connectivity index (χ0v) is 18.6. The summed E-state index contributed by atoms with van der Waals surface area (Å²) >= 11 is 0. The van der Waals surface area contributed by atoms with Crippen LogP contribution in [0.4, 0.5) is 0 Å². The molecule has 3 N–H and O–H groups in total. The van der Waals surface area contributed by atoms with Crippen molar-refractivity contribution >= 4 is 17.8 Å². The molecule has 0 aromatic rings. The molecule has 26 heavy (non-hydrogen) atoms. The third-order valence-electron chi connectivity index (χ3n) is 4.29. The van der Waals surface area contributed by atoms with E-state index in [2.05, 4.69) is 12.2 Å². The molecule has 148 valence electrons. The number of carbonyl (C=O) groups excluding carboxylic acids is 1. The summed E-state index contributed by atoms with van der Waals surface area (Å²) in [6.45, 7) is 2.22. The van der Waals surface area contributed by atoms with Crippen LogP contribution in [0.25, 0.3) is 0 Å². The van der Waals surface area contributed by atoms with Gasteiger partial charge in [-0.2, -0.15) is 0 Å². The quantitative estimate of drug-likeness (QED) is 0.260. The summed E-state index contributed by atoms with van der Waals surface area (Å²) in [4.78, 5) is 33.2. The fraction of sp³-hybridized carbons (Fsp3) is 0.842. The van der Waals surface area contributed by atoms with Crippen molar-refractivity contribution in [1.29, 1.82) is 0 Å². The van der Waals surface area contributed by atoms with Crippen LogP contribution in [0.3, 0.4) is 0 Å². The number of carboxylic acids is 2. The molecule has 0 aliphatic rings. The molecule has 0 aromatic heterocycles. The van der Waals surface area contributed by atoms with E-state index >= 15 is 0 Å². The number of carbonyl (C=O) groups is 3. The number of nitrogens with one attached hydrogen (secondary N) is 1. The first kappa shape index (κ1) is 27.6. The predicted molar refractivity (Wildman–Crippen MR) is 98.6 cm³/mol. The van der Waals surface area contributed by atoms with Crippen molar-refractivity contribution in [3.05, 3.63) is 0 Å². The standard InChI is InChI=1S/C19H35NO5.Na.H/c1-2-3-4-5-6-7-8-9-10-11-12-13-17(21)20-16(19(24)25)14-15-18(22)23;;/h16H,2-15H2,1H3,(H,20,21)(H,22,23)(H,24,25);;/q;+1;-1/t16-;;/m0../s1. The number of amides is 1. The molecule has 0 aromatic carbocycles. The van der Waals surface area contributed by atoms with E-state index in [0.29, 0.717) is 6.42 Å². The average Bonchev–Trinajstić information content (AvgIpc) is 2.56. The summed E-state index contributed by atoms with van der Waals surface area (Å²) in [7, 11) is 0. The van der Waals surface area contributed by atoms with Crippen LogP contribution in [0.1, 0.15) is 98.2 Å². The Morgan fingerprint density at radius 2 is 1.27 bits per heavy atom. The topological polar surface area (TPSA) is 104 Å². The predicted octanol–water partition coefficient (Wildman–Crippen LogP) is 1.24. The zero-order valence-electron chi connectivity index (χ0n) is 17.6. The van der Waals surface area contributed by atoms with Gasteiger partial charge in [0.05, 0.1) is 0 Å². The second-order valence-corrected chi connectivity index (χ2v) is 6.68. The maximum atomic E-state index is 11.7. The fourth-order valence-corrected chi connectivity index (χ4v) is 2.74. The van der Waals surface area contributed by atoms with Gasteiger partial charge in [0.15, 0.2) is 0 Å². The average molecular weight is 381 g/mol. The van der Waals surface area contributed by atoms with Crippen LogP contribution >= 0.6 is 0 Å². The summed E-state index contributed by atoms with van der Waals surface area (Å²) in [5.74, 6) is -2.56. The molecule has 6 nitrogen and oxygen atoms in total. The van der Waals surface area contributed by atoms with Crippen molar-refractivity contribution in [3.8, 4) is 0 Å². The van der Waals surface area contributed by atoms with Gasteiger partial charge in [-0.25, -0.2) is 4.79 Å². The molecule has 0 aliphatic carbocycles. The number of carboxylic acid groups (broad SMARTS) is 2. The molecular formula is C19H36NNaO5. The molecule has 0 rings (SSSR count). The Balaban J connectivity index is -0.00000288. The van der Waals surface area contributed by atoms with Crippen LogP contribution in [0.5, 0.6) is 0 Å². The van der Waals surface area contributed by atoms with Crippen LogP contribution in [0.15, 0.2) is 0 Å². The molecule has 0 fully saturated rings. The van der Waals surface area contributed by atoms with Crippen molar-refractivity contribution in [2.45, 2.75) is 103 Å². The number of hydrogen-bond donors (Lipinski definition) is 3. The van der Waals surface area contributed by atoms with Gasteiger partial charge in [-0.15, -0.1) is 0 Å². The Bertz CT molecular complexity index is 396. The second-order valence-electron chi connectivity index (χ2n) is 6.68. The summed E-state index contributed by atoms with van der Waals surface area (Å²) in [6, 6.07) is -1.11. The maximum Gasteiger partial charge on any atom is 1.00 e. The van der Waals surface area contributed by atoms with Crippen molar-refractivity contribution in [1.82, 2.24) is 5.32 Å². The van der Waals surface area contributed by atoms with Crippen LogP contribution in [-0.4, -0.2) is 34.1 Å². The number of unbranched alkanes of at least 4 members (excludes halogenated alkanes) is 10. The third-order valence-corrected chi connectivity index (χ3v) is 4.29. The van der Waals surface area contributed by atoms with E-state index in [9.17, 15) is 14.4 Å². The van der Waals surface area contributed by atoms with Crippen LogP contribution in [0, 0.1) is 0 Å². The Labute approximate surface area is 181 Å². The molecule has 0 unspecified atom stereocenters. The second kappa shape index (κ2) is 19.2. The minimum absolute atomic E-state index is 0. The summed E-state index contributed by atoms with van der Waals surface area (Å²) in [6.07, 6.45) is 13.1. The largest absolute Gasteiger partial charge is 1.00 e. The van der Waals surface area contributed by atoms with Crippen molar-refractivity contribution in [2.75, 3.05) is 0 Å². The van der Waals surface area contributed by atoms with E-state index in [1.165, 1.54) is 51.4 Å². The van der Waals surface area contributed by atoms with E-state index in [1.807, 2.05) is 0 Å². The molecule has 1 atom stereocenters. The minimum Gasteiger partial charge on any atom is -1.00 e. The van der Waals surface area contributed by atoms with Gasteiger partial charge in [-0.1, -0.05) is 71.1 Å². The van der Waals surface area contributed by atoms with Gasteiger partial charge in [0.1, 0.15) is 6.04 Å². The van der Waals surface area contributed by atoms with Crippen molar-refractivity contribution < 1.29 is 55.6 Å². The number of hydrogen-bond acceptors (Lipinski definition) is 3. The van der Waals surface area contributed by atoms with Gasteiger partial charge < -0.3 is 17.0 Å².